The van der Waals surface area contributed by atoms with E-state index in [-0.39, 0.29) is 0 Å². The summed E-state index contributed by atoms with van der Waals surface area (Å²) in [6, 6.07) is 10.8. The Labute approximate surface area is 105 Å². The first-order chi connectivity index (χ1) is 8.30. The Morgan fingerprint density at radius 2 is 1.94 bits per heavy atom. The van der Waals surface area contributed by atoms with Crippen molar-refractivity contribution in [1.82, 2.24) is 5.32 Å². The molecule has 1 aromatic rings. The van der Waals surface area contributed by atoms with E-state index in [0.717, 1.165) is 17.9 Å². The van der Waals surface area contributed by atoms with Crippen LogP contribution in [0, 0.1) is 11.3 Å². The fourth-order valence-corrected chi connectivity index (χ4v) is 3.02. The van der Waals surface area contributed by atoms with E-state index >= 15 is 0 Å². The topological polar surface area (TPSA) is 12.0 Å². The first-order valence-corrected chi connectivity index (χ1v) is 7.06. The zero-order valence-corrected chi connectivity index (χ0v) is 10.8. The highest BCUT2D eigenvalue weighted by molar-refractivity contribution is 5.19. The lowest BCUT2D eigenvalue weighted by Gasteiger charge is -2.18. The van der Waals surface area contributed by atoms with Gasteiger partial charge < -0.3 is 5.32 Å². The second-order valence-corrected chi connectivity index (χ2v) is 6.08. The molecule has 1 atom stereocenters. The van der Waals surface area contributed by atoms with Crippen LogP contribution in [0.5, 0.6) is 0 Å². The van der Waals surface area contributed by atoms with Gasteiger partial charge in [0.2, 0.25) is 0 Å². The van der Waals surface area contributed by atoms with Gasteiger partial charge in [-0.2, -0.15) is 0 Å². The first-order valence-electron chi connectivity index (χ1n) is 7.06. The molecule has 1 unspecified atom stereocenters. The van der Waals surface area contributed by atoms with Gasteiger partial charge in [0.05, 0.1) is 0 Å². The fraction of sp³-hybridized carbons (Fsp3) is 0.625. The Bertz CT molecular complexity index is 362. The molecule has 2 aliphatic rings. The monoisotopic (exact) mass is 229 g/mol. The maximum atomic E-state index is 3.71. The third kappa shape index (κ3) is 2.55. The second-order valence-electron chi connectivity index (χ2n) is 6.08. The number of hydrogen-bond donors (Lipinski definition) is 1. The summed E-state index contributed by atoms with van der Waals surface area (Å²) in [5, 5.41) is 3.71. The van der Waals surface area contributed by atoms with E-state index in [1.807, 2.05) is 0 Å². The van der Waals surface area contributed by atoms with Gasteiger partial charge in [-0.15, -0.1) is 0 Å². The van der Waals surface area contributed by atoms with Gasteiger partial charge in [0.1, 0.15) is 0 Å². The summed E-state index contributed by atoms with van der Waals surface area (Å²) in [6.45, 7) is 4.70. The molecule has 2 fully saturated rings. The molecule has 0 spiro atoms. The molecule has 2 aliphatic carbocycles. The molecule has 3 rings (SSSR count). The van der Waals surface area contributed by atoms with Crippen molar-refractivity contribution in [3.63, 3.8) is 0 Å². The lowest BCUT2D eigenvalue weighted by atomic mass is 9.98. The van der Waals surface area contributed by atoms with E-state index in [1.165, 1.54) is 37.8 Å². The molecule has 0 radical (unpaired) electrons. The molecule has 17 heavy (non-hydrogen) atoms. The number of benzene rings is 1. The molecule has 1 aromatic carbocycles. The predicted octanol–water partition coefficient (Wildman–Crippen LogP) is 3.57. The molecule has 92 valence electrons. The molecule has 0 amide bonds. The van der Waals surface area contributed by atoms with Crippen molar-refractivity contribution in [3.05, 3.63) is 35.9 Å². The Hall–Kier alpha value is -0.820. The molecule has 1 N–H and O–H groups in total. The highest BCUT2D eigenvalue weighted by Gasteiger charge is 2.53. The van der Waals surface area contributed by atoms with Crippen LogP contribution in [0.2, 0.25) is 0 Å². The smallest absolute Gasteiger partial charge is 0.00177 e. The minimum atomic E-state index is 0.631. The molecule has 0 bridgehead atoms. The molecule has 0 saturated heterocycles. The highest BCUT2D eigenvalue weighted by atomic mass is 14.9. The lowest BCUT2D eigenvalue weighted by Crippen LogP contribution is -2.28. The summed E-state index contributed by atoms with van der Waals surface area (Å²) in [4.78, 5) is 0. The molecule has 0 heterocycles. The van der Waals surface area contributed by atoms with Crippen LogP contribution in [0.3, 0.4) is 0 Å². The summed E-state index contributed by atoms with van der Waals surface area (Å²) in [7, 11) is 0. The largest absolute Gasteiger partial charge is 0.316 e. The fourth-order valence-electron chi connectivity index (χ4n) is 3.02. The lowest BCUT2D eigenvalue weighted by molar-refractivity contribution is 0.399. The van der Waals surface area contributed by atoms with E-state index < -0.39 is 0 Å². The van der Waals surface area contributed by atoms with Crippen molar-refractivity contribution in [2.24, 2.45) is 11.3 Å². The molecule has 2 saturated carbocycles. The number of nitrogens with one attached hydrogen (secondary N) is 1. The quantitative estimate of drug-likeness (QED) is 0.786. The Morgan fingerprint density at radius 3 is 2.53 bits per heavy atom. The van der Waals surface area contributed by atoms with Crippen LogP contribution >= 0.6 is 0 Å². The van der Waals surface area contributed by atoms with E-state index in [9.17, 15) is 0 Å². The van der Waals surface area contributed by atoms with Gasteiger partial charge in [-0.05, 0) is 48.5 Å². The van der Waals surface area contributed by atoms with Crippen LogP contribution in [-0.2, 0) is 0 Å². The Balaban J connectivity index is 1.45. The highest BCUT2D eigenvalue weighted by Crippen LogP contribution is 2.60. The molecule has 1 heteroatoms. The summed E-state index contributed by atoms with van der Waals surface area (Å²) in [5.74, 6) is 1.70. The normalized spacial score (nSPS) is 23.4. The third-order valence-corrected chi connectivity index (χ3v) is 4.63. The predicted molar refractivity (Wildman–Crippen MR) is 72.1 cm³/mol. The summed E-state index contributed by atoms with van der Waals surface area (Å²) in [5.41, 5.74) is 2.19. The van der Waals surface area contributed by atoms with Gasteiger partial charge >= 0.3 is 0 Å². The van der Waals surface area contributed by atoms with Crippen LogP contribution in [0.15, 0.2) is 30.3 Å². The van der Waals surface area contributed by atoms with E-state index in [0.29, 0.717) is 5.92 Å². The Morgan fingerprint density at radius 1 is 1.24 bits per heavy atom. The average molecular weight is 229 g/mol. The minimum absolute atomic E-state index is 0.631. The first kappa shape index (κ1) is 11.3. The third-order valence-electron chi connectivity index (χ3n) is 4.63. The Kier molecular flexibility index (Phi) is 2.96. The average Bonchev–Trinajstić information content (AvgIpc) is 3.23. The zero-order chi connectivity index (χ0) is 11.7. The van der Waals surface area contributed by atoms with Crippen molar-refractivity contribution in [2.45, 2.75) is 38.5 Å². The van der Waals surface area contributed by atoms with Crippen molar-refractivity contribution in [3.8, 4) is 0 Å². The maximum Gasteiger partial charge on any atom is 0.00177 e. The summed E-state index contributed by atoms with van der Waals surface area (Å²) < 4.78 is 0. The van der Waals surface area contributed by atoms with Crippen LogP contribution < -0.4 is 5.32 Å². The molecule has 0 aromatic heterocycles. The standard InChI is InChI=1S/C16H23N/c1-13(14-5-3-2-4-6-14)11-17-12-16(9-10-16)15-7-8-15/h2-6,13,15,17H,7-12H2,1H3. The van der Waals surface area contributed by atoms with Crippen molar-refractivity contribution >= 4 is 0 Å². The zero-order valence-electron chi connectivity index (χ0n) is 10.8. The van der Waals surface area contributed by atoms with Crippen molar-refractivity contribution in [1.29, 1.82) is 0 Å². The molecule has 0 aliphatic heterocycles. The minimum Gasteiger partial charge on any atom is -0.316 e. The summed E-state index contributed by atoms with van der Waals surface area (Å²) >= 11 is 0. The molecular formula is C16H23N. The SMILES string of the molecule is CC(CNCC1(C2CC2)CC1)c1ccccc1. The van der Waals surface area contributed by atoms with E-state index in [4.69, 9.17) is 0 Å². The van der Waals surface area contributed by atoms with Crippen molar-refractivity contribution in [2.75, 3.05) is 13.1 Å². The van der Waals surface area contributed by atoms with Gasteiger partial charge in [-0.3, -0.25) is 0 Å². The second kappa shape index (κ2) is 4.45. The van der Waals surface area contributed by atoms with Crippen LogP contribution in [0.1, 0.15) is 44.1 Å². The molecular weight excluding hydrogens is 206 g/mol. The van der Waals surface area contributed by atoms with Crippen LogP contribution in [0.4, 0.5) is 0 Å². The number of rotatable bonds is 6. The van der Waals surface area contributed by atoms with Gasteiger partial charge in [-0.25, -0.2) is 0 Å². The van der Waals surface area contributed by atoms with Gasteiger partial charge in [0.15, 0.2) is 0 Å². The van der Waals surface area contributed by atoms with Gasteiger partial charge in [0.25, 0.3) is 0 Å². The summed E-state index contributed by atoms with van der Waals surface area (Å²) in [6.07, 6.45) is 5.95. The number of hydrogen-bond acceptors (Lipinski definition) is 1. The van der Waals surface area contributed by atoms with Gasteiger partial charge in [0, 0.05) is 13.1 Å². The van der Waals surface area contributed by atoms with Crippen molar-refractivity contribution < 1.29 is 0 Å². The van der Waals surface area contributed by atoms with Crippen LogP contribution in [0.25, 0.3) is 0 Å². The van der Waals surface area contributed by atoms with E-state index in [2.05, 4.69) is 42.6 Å². The van der Waals surface area contributed by atoms with Crippen LogP contribution in [-0.4, -0.2) is 13.1 Å². The maximum absolute atomic E-state index is 3.71. The van der Waals surface area contributed by atoms with Gasteiger partial charge in [-0.1, -0.05) is 37.3 Å². The molecule has 1 nitrogen and oxygen atoms in total. The van der Waals surface area contributed by atoms with E-state index in [1.54, 1.807) is 0 Å².